The first-order valence-electron chi connectivity index (χ1n) is 8.13. The van der Waals surface area contributed by atoms with Crippen LogP contribution in [0.3, 0.4) is 0 Å². The number of carbonyl (C=O) groups is 4. The van der Waals surface area contributed by atoms with Crippen molar-refractivity contribution in [3.05, 3.63) is 35.4 Å². The first kappa shape index (κ1) is 20.3. The Hall–Kier alpha value is -3.48. The molecule has 2 aliphatic heterocycles. The molecule has 1 saturated heterocycles. The summed E-state index contributed by atoms with van der Waals surface area (Å²) < 4.78 is 9.79. The molecule has 3 amide bonds. The third kappa shape index (κ3) is 3.89. The predicted molar refractivity (Wildman–Crippen MR) is 97.5 cm³/mol. The van der Waals surface area contributed by atoms with Crippen LogP contribution in [0.5, 0.6) is 0 Å². The second-order valence-corrected chi connectivity index (χ2v) is 6.93. The molecule has 0 saturated carbocycles. The van der Waals surface area contributed by atoms with E-state index in [0.717, 1.165) is 4.90 Å². The van der Waals surface area contributed by atoms with Crippen molar-refractivity contribution in [2.75, 3.05) is 19.5 Å². The lowest BCUT2D eigenvalue weighted by Gasteiger charge is -2.49. The van der Waals surface area contributed by atoms with Gasteiger partial charge in [0.15, 0.2) is 5.76 Å². The number of oxime groups is 1. The number of ether oxygens (including phenoxy) is 1. The Morgan fingerprint density at radius 2 is 2.24 bits per heavy atom. The van der Waals surface area contributed by atoms with E-state index in [2.05, 4.69) is 20.0 Å². The second-order valence-electron chi connectivity index (χ2n) is 5.83. The molecule has 154 valence electrons. The topological polar surface area (TPSA) is 174 Å². The fraction of sp³-hybridized carbons (Fsp3) is 0.312. The van der Waals surface area contributed by atoms with Crippen LogP contribution in [0, 0.1) is 0 Å². The van der Waals surface area contributed by atoms with Crippen molar-refractivity contribution in [2.24, 2.45) is 10.9 Å². The molecule has 0 aliphatic carbocycles. The van der Waals surface area contributed by atoms with Crippen LogP contribution in [-0.4, -0.2) is 70.5 Å². The van der Waals surface area contributed by atoms with Crippen molar-refractivity contribution in [3.8, 4) is 0 Å². The van der Waals surface area contributed by atoms with Crippen LogP contribution < -0.4 is 11.1 Å². The van der Waals surface area contributed by atoms with Crippen molar-refractivity contribution in [2.45, 2.75) is 11.4 Å². The number of β-lactam (4-membered cyclic amide) rings is 1. The van der Waals surface area contributed by atoms with Crippen molar-refractivity contribution in [1.29, 1.82) is 0 Å². The number of thioether (sulfide) groups is 1. The summed E-state index contributed by atoms with van der Waals surface area (Å²) in [5.41, 5.74) is 4.68. The van der Waals surface area contributed by atoms with Gasteiger partial charge in [-0.05, 0) is 12.1 Å². The Bertz CT molecular complexity index is 910. The number of amides is 3. The summed E-state index contributed by atoms with van der Waals surface area (Å²) in [5, 5.41) is 15.0. The zero-order valence-electron chi connectivity index (χ0n) is 15.0. The van der Waals surface area contributed by atoms with E-state index in [4.69, 9.17) is 10.2 Å². The molecule has 2 atom stereocenters. The van der Waals surface area contributed by atoms with E-state index in [1.54, 1.807) is 6.07 Å². The maximum absolute atomic E-state index is 12.6. The van der Waals surface area contributed by atoms with Gasteiger partial charge < -0.3 is 30.1 Å². The Kier molecular flexibility index (Phi) is 5.77. The molecular weight excluding hydrogens is 408 g/mol. The smallest absolute Gasteiger partial charge is 0.404 e. The quantitative estimate of drug-likeness (QED) is 0.295. The number of nitrogens with zero attached hydrogens (tertiary/aromatic N) is 2. The first-order valence-corrected chi connectivity index (χ1v) is 9.18. The highest BCUT2D eigenvalue weighted by Gasteiger charge is 2.54. The minimum atomic E-state index is -1.35. The summed E-state index contributed by atoms with van der Waals surface area (Å²) in [6.07, 6.45) is 0.290. The van der Waals surface area contributed by atoms with Gasteiger partial charge in [-0.2, -0.15) is 0 Å². The van der Waals surface area contributed by atoms with Crippen LogP contribution in [0.1, 0.15) is 5.76 Å². The number of nitrogens with one attached hydrogen (secondary N) is 1. The van der Waals surface area contributed by atoms with Gasteiger partial charge in [-0.1, -0.05) is 5.16 Å². The molecule has 1 fully saturated rings. The standard InChI is InChI=1S/C16H16N4O8S/c1-26-19-9(8-3-2-4-27-8)12(21)18-10-13(22)20-11(15(23)24)7(5-28-16(17)25)6-29-14(10)20/h2-4,10,14H,5-6H2,1H3,(H2,17,25)(H,18,21)(H,23,24)/b19-9+/t10?,14-/m1/s1. The van der Waals surface area contributed by atoms with Gasteiger partial charge in [0.2, 0.25) is 5.71 Å². The first-order chi connectivity index (χ1) is 13.8. The number of furan rings is 1. The Labute approximate surface area is 167 Å². The maximum atomic E-state index is 12.6. The molecule has 2 aliphatic rings. The highest BCUT2D eigenvalue weighted by atomic mass is 32.2. The number of carbonyl (C=O) groups excluding carboxylic acids is 3. The summed E-state index contributed by atoms with van der Waals surface area (Å²) in [6.45, 7) is -0.347. The zero-order chi connectivity index (χ0) is 21.1. The van der Waals surface area contributed by atoms with E-state index >= 15 is 0 Å². The Morgan fingerprint density at radius 3 is 2.83 bits per heavy atom. The largest absolute Gasteiger partial charge is 0.477 e. The third-order valence-electron chi connectivity index (χ3n) is 4.08. The zero-order valence-corrected chi connectivity index (χ0v) is 15.8. The average Bonchev–Trinajstić information content (AvgIpc) is 3.21. The van der Waals surface area contributed by atoms with Crippen molar-refractivity contribution < 1.29 is 38.3 Å². The number of carboxylic acids is 1. The maximum Gasteiger partial charge on any atom is 0.404 e. The summed E-state index contributed by atoms with van der Waals surface area (Å²) in [5.74, 6) is -2.38. The highest BCUT2D eigenvalue weighted by molar-refractivity contribution is 8.00. The average molecular weight is 424 g/mol. The SMILES string of the molecule is CO/N=C(/C(=O)NC1C(=O)N2C(C(=O)O)=C(COC(N)=O)CS[C@H]12)c1ccco1. The van der Waals surface area contributed by atoms with Crippen molar-refractivity contribution >= 4 is 41.4 Å². The number of hydrogen-bond acceptors (Lipinski definition) is 9. The molecule has 3 rings (SSSR count). The number of primary amides is 1. The fourth-order valence-electron chi connectivity index (χ4n) is 2.87. The van der Waals surface area contributed by atoms with Crippen LogP contribution >= 0.6 is 11.8 Å². The lowest BCUT2D eigenvalue weighted by Crippen LogP contribution is -2.71. The molecule has 1 aromatic heterocycles. The van der Waals surface area contributed by atoms with Crippen LogP contribution in [0.4, 0.5) is 4.79 Å². The molecule has 1 unspecified atom stereocenters. The number of carboxylic acid groups (broad SMARTS) is 1. The summed E-state index contributed by atoms with van der Waals surface area (Å²) in [7, 11) is 1.25. The number of aliphatic carboxylic acids is 1. The molecule has 0 radical (unpaired) electrons. The van der Waals surface area contributed by atoms with Gasteiger partial charge in [-0.3, -0.25) is 14.5 Å². The van der Waals surface area contributed by atoms with Gasteiger partial charge in [0.25, 0.3) is 11.8 Å². The van der Waals surface area contributed by atoms with Crippen LogP contribution in [-0.2, 0) is 24.0 Å². The highest BCUT2D eigenvalue weighted by Crippen LogP contribution is 2.40. The molecule has 29 heavy (non-hydrogen) atoms. The number of fused-ring (bicyclic) bond motifs is 1. The van der Waals surface area contributed by atoms with Crippen molar-refractivity contribution in [1.82, 2.24) is 10.2 Å². The molecule has 3 heterocycles. The molecule has 0 bridgehead atoms. The second kappa shape index (κ2) is 8.26. The van der Waals surface area contributed by atoms with Gasteiger partial charge in [0.1, 0.15) is 30.8 Å². The van der Waals surface area contributed by atoms with E-state index in [9.17, 15) is 24.3 Å². The molecule has 0 aromatic carbocycles. The molecule has 12 nitrogen and oxygen atoms in total. The lowest BCUT2D eigenvalue weighted by atomic mass is 10.0. The van der Waals surface area contributed by atoms with Crippen LogP contribution in [0.2, 0.25) is 0 Å². The van der Waals surface area contributed by atoms with E-state index in [1.165, 1.54) is 31.2 Å². The fourth-order valence-corrected chi connectivity index (χ4v) is 4.19. The van der Waals surface area contributed by atoms with Gasteiger partial charge in [0.05, 0.1) is 6.26 Å². The number of rotatable bonds is 7. The minimum Gasteiger partial charge on any atom is -0.477 e. The summed E-state index contributed by atoms with van der Waals surface area (Å²) >= 11 is 1.21. The summed E-state index contributed by atoms with van der Waals surface area (Å²) in [6, 6.07) is 2.08. The van der Waals surface area contributed by atoms with E-state index in [1.807, 2.05) is 0 Å². The van der Waals surface area contributed by atoms with Gasteiger partial charge in [-0.15, -0.1) is 11.8 Å². The van der Waals surface area contributed by atoms with Gasteiger partial charge in [0, 0.05) is 11.3 Å². The molecule has 0 spiro atoms. The van der Waals surface area contributed by atoms with E-state index < -0.39 is 35.3 Å². The van der Waals surface area contributed by atoms with Crippen LogP contribution in [0.25, 0.3) is 0 Å². The summed E-state index contributed by atoms with van der Waals surface area (Å²) in [4.78, 5) is 53.3. The predicted octanol–water partition coefficient (Wildman–Crippen LogP) is -0.536. The van der Waals surface area contributed by atoms with Crippen molar-refractivity contribution in [3.63, 3.8) is 0 Å². The van der Waals surface area contributed by atoms with Crippen LogP contribution in [0.15, 0.2) is 39.2 Å². The van der Waals surface area contributed by atoms with E-state index in [0.29, 0.717) is 0 Å². The molecular formula is C16H16N4O8S. The Balaban J connectivity index is 1.77. The van der Waals surface area contributed by atoms with Gasteiger partial charge >= 0.3 is 12.1 Å². The monoisotopic (exact) mass is 424 g/mol. The van der Waals surface area contributed by atoms with Gasteiger partial charge in [-0.25, -0.2) is 9.59 Å². The Morgan fingerprint density at radius 1 is 1.48 bits per heavy atom. The third-order valence-corrected chi connectivity index (χ3v) is 5.42. The molecule has 4 N–H and O–H groups in total. The number of nitrogens with two attached hydrogens (primary N) is 1. The minimum absolute atomic E-state index is 0.140. The van der Waals surface area contributed by atoms with E-state index in [-0.39, 0.29) is 35.1 Å². The number of hydrogen-bond donors (Lipinski definition) is 3. The normalized spacial score (nSPS) is 21.2. The lowest BCUT2D eigenvalue weighted by molar-refractivity contribution is -0.150. The molecule has 13 heteroatoms. The molecule has 1 aromatic rings.